The maximum Gasteiger partial charge on any atom is 0.533 e. The van der Waals surface area contributed by atoms with Crippen molar-refractivity contribution in [2.75, 3.05) is 6.61 Å². The number of rotatable bonds is 4. The van der Waals surface area contributed by atoms with Crippen LogP contribution in [0.3, 0.4) is 0 Å². The van der Waals surface area contributed by atoms with Gasteiger partial charge in [0.1, 0.15) is 0 Å². The van der Waals surface area contributed by atoms with Crippen LogP contribution in [0.25, 0.3) is 10.9 Å². The molecule has 0 saturated heterocycles. The Bertz CT molecular complexity index is 751. The van der Waals surface area contributed by atoms with E-state index >= 15 is 0 Å². The van der Waals surface area contributed by atoms with Gasteiger partial charge in [-0.25, -0.2) is 9.59 Å². The molecule has 0 fully saturated rings. The molecule has 0 aliphatic carbocycles. The molecule has 0 amide bonds. The molecule has 0 atom stereocenters. The fourth-order valence-electron chi connectivity index (χ4n) is 1.74. The number of hydrogen-bond acceptors (Lipinski definition) is 7. The zero-order chi connectivity index (χ0) is 16.3. The summed E-state index contributed by atoms with van der Waals surface area (Å²) in [5, 5.41) is 19.7. The van der Waals surface area contributed by atoms with Crippen molar-refractivity contribution in [3.05, 3.63) is 34.4 Å². The molecule has 0 bridgehead atoms. The van der Waals surface area contributed by atoms with Crippen LogP contribution in [0.15, 0.2) is 24.3 Å². The summed E-state index contributed by atoms with van der Waals surface area (Å²) in [5.41, 5.74) is -0.00226. The lowest BCUT2D eigenvalue weighted by Gasteiger charge is -2.08. The van der Waals surface area contributed by atoms with Crippen LogP contribution < -0.4 is 9.57 Å². The number of non-ortho nitro benzene ring substituents is 1. The number of nitrogens with zero attached hydrogens (tertiary/aromatic N) is 2. The number of fused-ring (bicyclic) bond motifs is 1. The first-order chi connectivity index (χ1) is 10.4. The average Bonchev–Trinajstić information content (AvgIpc) is 2.75. The van der Waals surface area contributed by atoms with E-state index in [2.05, 4.69) is 9.47 Å². The summed E-state index contributed by atoms with van der Waals surface area (Å²) in [7, 11) is 0. The van der Waals surface area contributed by atoms with Crippen molar-refractivity contribution in [1.29, 1.82) is 0 Å². The number of benzene rings is 1. The van der Waals surface area contributed by atoms with Gasteiger partial charge in [0.05, 0.1) is 17.0 Å². The lowest BCUT2D eigenvalue weighted by molar-refractivity contribution is -0.384. The molecule has 0 spiro atoms. The number of ether oxygens (including phenoxy) is 2. The topological polar surface area (TPSA) is 130 Å². The second-order valence-corrected chi connectivity index (χ2v) is 3.92. The predicted octanol–water partition coefficient (Wildman–Crippen LogP) is 2.19. The van der Waals surface area contributed by atoms with Gasteiger partial charge in [-0.2, -0.15) is 0 Å². The number of hydrogen-bond donors (Lipinski definition) is 1. The number of nitro benzene ring substituents is 1. The van der Waals surface area contributed by atoms with Crippen molar-refractivity contribution in [2.45, 2.75) is 6.92 Å². The highest BCUT2D eigenvalue weighted by atomic mass is 16.8. The highest BCUT2D eigenvalue weighted by molar-refractivity contribution is 5.85. The highest BCUT2D eigenvalue weighted by Gasteiger charge is 2.19. The largest absolute Gasteiger partial charge is 0.533 e. The van der Waals surface area contributed by atoms with E-state index in [4.69, 9.17) is 9.94 Å². The summed E-state index contributed by atoms with van der Waals surface area (Å²) >= 11 is 0. The Morgan fingerprint density at radius 2 is 2.09 bits per heavy atom. The number of carbonyl (C=O) groups excluding carboxylic acids is 1. The molecule has 0 aliphatic rings. The molecule has 10 heteroatoms. The zero-order valence-corrected chi connectivity index (χ0v) is 11.2. The third kappa shape index (κ3) is 3.06. The molecule has 1 N–H and O–H groups in total. The Labute approximate surface area is 122 Å². The van der Waals surface area contributed by atoms with Gasteiger partial charge in [0, 0.05) is 23.6 Å². The smallest absolute Gasteiger partial charge is 0.449 e. The van der Waals surface area contributed by atoms with Crippen LogP contribution in [0.2, 0.25) is 0 Å². The zero-order valence-electron chi connectivity index (χ0n) is 11.2. The summed E-state index contributed by atoms with van der Waals surface area (Å²) in [5.74, 6) is -0.337. The van der Waals surface area contributed by atoms with Gasteiger partial charge in [-0.05, 0) is 13.0 Å². The van der Waals surface area contributed by atoms with Crippen molar-refractivity contribution >= 4 is 28.9 Å². The molecule has 116 valence electrons. The summed E-state index contributed by atoms with van der Waals surface area (Å²) in [6.07, 6.45) is -2.71. The highest BCUT2D eigenvalue weighted by Crippen LogP contribution is 2.28. The minimum absolute atomic E-state index is 0.0542. The van der Waals surface area contributed by atoms with E-state index in [-0.39, 0.29) is 29.1 Å². The first-order valence-corrected chi connectivity index (χ1v) is 5.98. The lowest BCUT2D eigenvalue weighted by atomic mass is 10.2. The summed E-state index contributed by atoms with van der Waals surface area (Å²) in [6, 6.07) is 4.85. The van der Waals surface area contributed by atoms with E-state index in [1.165, 1.54) is 24.3 Å². The van der Waals surface area contributed by atoms with E-state index in [1.807, 2.05) is 0 Å². The van der Waals surface area contributed by atoms with E-state index < -0.39 is 17.2 Å². The third-order valence-corrected chi connectivity index (χ3v) is 2.54. The van der Waals surface area contributed by atoms with Crippen molar-refractivity contribution in [3.8, 4) is 5.88 Å². The van der Waals surface area contributed by atoms with Gasteiger partial charge < -0.3 is 14.6 Å². The quantitative estimate of drug-likeness (QED) is 0.516. The Balaban J connectivity index is 2.51. The van der Waals surface area contributed by atoms with Crippen molar-refractivity contribution in [2.24, 2.45) is 0 Å². The van der Waals surface area contributed by atoms with Gasteiger partial charge in [-0.1, -0.05) is 0 Å². The molecule has 2 aromatic rings. The normalized spacial score (nSPS) is 10.2. The van der Waals surface area contributed by atoms with Crippen LogP contribution in [0.4, 0.5) is 15.3 Å². The van der Waals surface area contributed by atoms with Crippen LogP contribution in [0.5, 0.6) is 5.88 Å². The number of aromatic nitrogens is 1. The van der Waals surface area contributed by atoms with Gasteiger partial charge in [0.25, 0.3) is 5.69 Å². The number of carboxylic acid groups (broad SMARTS) is 1. The molecule has 10 nitrogen and oxygen atoms in total. The summed E-state index contributed by atoms with van der Waals surface area (Å²) in [6.45, 7) is 1.62. The molecular formula is C12H10N2O8. The fraction of sp³-hybridized carbons (Fsp3) is 0.167. The molecule has 2 rings (SSSR count). The molecule has 1 aromatic heterocycles. The Hall–Kier alpha value is -3.30. The third-order valence-electron chi connectivity index (χ3n) is 2.54. The summed E-state index contributed by atoms with van der Waals surface area (Å²) < 4.78 is 9.86. The van der Waals surface area contributed by atoms with E-state index in [0.717, 1.165) is 4.73 Å². The Morgan fingerprint density at radius 1 is 1.36 bits per heavy atom. The second kappa shape index (κ2) is 5.99. The SMILES string of the molecule is CCOC(=O)On1c(OC(=O)O)cc2cc([N+](=O)[O-])ccc21. The summed E-state index contributed by atoms with van der Waals surface area (Å²) in [4.78, 5) is 37.0. The van der Waals surface area contributed by atoms with Gasteiger partial charge in [0.2, 0.25) is 5.88 Å². The predicted molar refractivity (Wildman–Crippen MR) is 70.8 cm³/mol. The molecule has 0 unspecified atom stereocenters. The minimum Gasteiger partial charge on any atom is -0.449 e. The lowest BCUT2D eigenvalue weighted by Crippen LogP contribution is -2.22. The van der Waals surface area contributed by atoms with E-state index in [0.29, 0.717) is 0 Å². The van der Waals surface area contributed by atoms with Crippen LogP contribution in [0, 0.1) is 10.1 Å². The second-order valence-electron chi connectivity index (χ2n) is 3.92. The van der Waals surface area contributed by atoms with Crippen molar-refractivity contribution in [1.82, 2.24) is 4.73 Å². The molecule has 22 heavy (non-hydrogen) atoms. The van der Waals surface area contributed by atoms with Crippen molar-refractivity contribution < 1.29 is 33.9 Å². The molecule has 0 aliphatic heterocycles. The van der Waals surface area contributed by atoms with Crippen LogP contribution >= 0.6 is 0 Å². The van der Waals surface area contributed by atoms with Gasteiger partial charge in [-0.3, -0.25) is 15.0 Å². The van der Waals surface area contributed by atoms with Crippen LogP contribution in [-0.2, 0) is 4.74 Å². The maximum atomic E-state index is 11.4. The molecule has 1 heterocycles. The molecular weight excluding hydrogens is 300 g/mol. The monoisotopic (exact) mass is 310 g/mol. The van der Waals surface area contributed by atoms with Gasteiger partial charge in [-0.15, -0.1) is 4.73 Å². The van der Waals surface area contributed by atoms with E-state index in [1.54, 1.807) is 6.92 Å². The van der Waals surface area contributed by atoms with Gasteiger partial charge >= 0.3 is 12.3 Å². The van der Waals surface area contributed by atoms with Crippen LogP contribution in [0.1, 0.15) is 6.92 Å². The fourth-order valence-corrected chi connectivity index (χ4v) is 1.74. The number of carbonyl (C=O) groups is 2. The Morgan fingerprint density at radius 3 is 2.68 bits per heavy atom. The van der Waals surface area contributed by atoms with E-state index in [9.17, 15) is 19.7 Å². The Kier molecular flexibility index (Phi) is 4.11. The molecule has 0 radical (unpaired) electrons. The van der Waals surface area contributed by atoms with Gasteiger partial charge in [0.15, 0.2) is 0 Å². The first-order valence-electron chi connectivity index (χ1n) is 5.98. The average molecular weight is 310 g/mol. The maximum absolute atomic E-state index is 11.4. The van der Waals surface area contributed by atoms with Crippen molar-refractivity contribution in [3.63, 3.8) is 0 Å². The first kappa shape index (κ1) is 15.1. The van der Waals surface area contributed by atoms with Crippen LogP contribution in [-0.4, -0.2) is 33.7 Å². The molecule has 0 saturated carbocycles. The standard InChI is InChI=1S/C12H10N2O8/c1-2-20-12(17)22-13-9-4-3-8(14(18)19)5-7(9)6-10(13)21-11(15)16/h3-6H,2H2,1H3,(H,15,16). The molecule has 1 aromatic carbocycles. The minimum atomic E-state index is -1.63. The number of nitro groups is 1.